The molecule has 0 spiro atoms. The van der Waals surface area contributed by atoms with E-state index < -0.39 is 0 Å². The van der Waals surface area contributed by atoms with Crippen molar-refractivity contribution in [3.05, 3.63) is 182 Å². The number of nitrogens with zero attached hydrogens (tertiary/aromatic N) is 4. The third-order valence-corrected chi connectivity index (χ3v) is 11.1. The summed E-state index contributed by atoms with van der Waals surface area (Å²) in [6.45, 7) is 0. The SMILES string of the molecule is c1ccc(-c2nc(-c3ccc4c(c3)oc3ccccc34)nc(-c3cccc4oc5cc(-n6c7ccccc7c7ccccc76)cc(-c6ccccc6)c5c34)n2)cc1. The Morgan fingerprint density at radius 3 is 1.65 bits per heavy atom. The van der Waals surface area contributed by atoms with Crippen LogP contribution in [-0.2, 0) is 0 Å². The first-order chi connectivity index (χ1) is 28.2. The Morgan fingerprint density at radius 2 is 0.895 bits per heavy atom. The van der Waals surface area contributed by atoms with Crippen molar-refractivity contribution < 1.29 is 8.83 Å². The topological polar surface area (TPSA) is 69.9 Å². The fourth-order valence-corrected chi connectivity index (χ4v) is 8.50. The molecule has 8 aromatic carbocycles. The summed E-state index contributed by atoms with van der Waals surface area (Å²) in [6, 6.07) is 62.7. The summed E-state index contributed by atoms with van der Waals surface area (Å²) in [7, 11) is 0. The van der Waals surface area contributed by atoms with Crippen molar-refractivity contribution in [2.75, 3.05) is 0 Å². The molecule has 0 aliphatic heterocycles. The van der Waals surface area contributed by atoms with E-state index in [0.717, 1.165) is 88.4 Å². The van der Waals surface area contributed by atoms with E-state index in [1.807, 2.05) is 66.7 Å². The fraction of sp³-hybridized carbons (Fsp3) is 0. The molecule has 4 heterocycles. The molecule has 0 aliphatic carbocycles. The smallest absolute Gasteiger partial charge is 0.164 e. The van der Waals surface area contributed by atoms with E-state index in [4.69, 9.17) is 23.8 Å². The largest absolute Gasteiger partial charge is 0.456 e. The molecule has 12 rings (SSSR count). The highest BCUT2D eigenvalue weighted by atomic mass is 16.3. The van der Waals surface area contributed by atoms with Gasteiger partial charge in [-0.1, -0.05) is 133 Å². The van der Waals surface area contributed by atoms with E-state index in [-0.39, 0.29) is 0 Å². The lowest BCUT2D eigenvalue weighted by atomic mass is 9.96. The van der Waals surface area contributed by atoms with Gasteiger partial charge in [-0.3, -0.25) is 0 Å². The first kappa shape index (κ1) is 31.5. The normalized spacial score (nSPS) is 11.9. The van der Waals surface area contributed by atoms with Gasteiger partial charge in [0.05, 0.1) is 16.7 Å². The van der Waals surface area contributed by atoms with Gasteiger partial charge in [0.2, 0.25) is 0 Å². The lowest BCUT2D eigenvalue weighted by Crippen LogP contribution is -2.00. The number of para-hydroxylation sites is 3. The van der Waals surface area contributed by atoms with E-state index in [1.165, 1.54) is 10.8 Å². The van der Waals surface area contributed by atoms with Gasteiger partial charge in [0.1, 0.15) is 22.3 Å². The van der Waals surface area contributed by atoms with Crippen molar-refractivity contribution in [1.29, 1.82) is 0 Å². The Hall–Kier alpha value is -7.83. The Labute approximate surface area is 325 Å². The molecule has 266 valence electrons. The molecule has 6 heteroatoms. The fourth-order valence-electron chi connectivity index (χ4n) is 8.50. The highest BCUT2D eigenvalue weighted by molar-refractivity contribution is 6.18. The van der Waals surface area contributed by atoms with Crippen LogP contribution in [-0.4, -0.2) is 19.5 Å². The second kappa shape index (κ2) is 12.3. The average molecular weight is 731 g/mol. The van der Waals surface area contributed by atoms with Gasteiger partial charge in [-0.05, 0) is 53.6 Å². The number of benzene rings is 8. The van der Waals surface area contributed by atoms with Gasteiger partial charge in [0.25, 0.3) is 0 Å². The van der Waals surface area contributed by atoms with Gasteiger partial charge < -0.3 is 13.4 Å². The number of furan rings is 2. The molecule has 0 N–H and O–H groups in total. The summed E-state index contributed by atoms with van der Waals surface area (Å²) in [5.74, 6) is 1.70. The lowest BCUT2D eigenvalue weighted by molar-refractivity contribution is 0.668. The molecule has 12 aromatic rings. The molecular weight excluding hydrogens is 701 g/mol. The van der Waals surface area contributed by atoms with E-state index in [0.29, 0.717) is 17.5 Å². The zero-order valence-electron chi connectivity index (χ0n) is 30.4. The summed E-state index contributed by atoms with van der Waals surface area (Å²) in [6.07, 6.45) is 0. The lowest BCUT2D eigenvalue weighted by Gasteiger charge is -2.13. The predicted molar refractivity (Wildman–Crippen MR) is 230 cm³/mol. The van der Waals surface area contributed by atoms with Crippen LogP contribution in [0.2, 0.25) is 0 Å². The zero-order valence-corrected chi connectivity index (χ0v) is 30.4. The molecule has 0 bridgehead atoms. The Balaban J connectivity index is 1.12. The molecular formula is C51H30N4O2. The van der Waals surface area contributed by atoms with Gasteiger partial charge in [0.15, 0.2) is 17.5 Å². The van der Waals surface area contributed by atoms with Crippen molar-refractivity contribution in [2.45, 2.75) is 0 Å². The average Bonchev–Trinajstić information content (AvgIpc) is 3.96. The summed E-state index contributed by atoms with van der Waals surface area (Å²) >= 11 is 0. The minimum atomic E-state index is 0.558. The third-order valence-electron chi connectivity index (χ3n) is 11.1. The maximum Gasteiger partial charge on any atom is 0.164 e. The maximum absolute atomic E-state index is 6.85. The molecule has 4 aromatic heterocycles. The Bertz CT molecular complexity index is 3470. The number of fused-ring (bicyclic) bond motifs is 9. The van der Waals surface area contributed by atoms with Crippen LogP contribution in [0.5, 0.6) is 0 Å². The van der Waals surface area contributed by atoms with E-state index in [9.17, 15) is 0 Å². The molecule has 6 nitrogen and oxygen atoms in total. The standard InChI is InChI=1S/C51H30N4O2/c1-3-14-31(15-4-1)40-29-34(55-41-22-10-7-18-35(41)36-19-8-11-23-42(36)55)30-46-48(40)47-39(21-13-25-44(47)57-46)51-53-49(32-16-5-2-6-17-32)52-50(54-51)33-26-27-38-37-20-9-12-24-43(37)56-45(38)28-33/h1-30H. The van der Waals surface area contributed by atoms with Gasteiger partial charge in [-0.15, -0.1) is 0 Å². The van der Waals surface area contributed by atoms with Crippen LogP contribution in [0.1, 0.15) is 0 Å². The minimum absolute atomic E-state index is 0.558. The van der Waals surface area contributed by atoms with Crippen LogP contribution >= 0.6 is 0 Å². The summed E-state index contributed by atoms with van der Waals surface area (Å²) in [5.41, 5.74) is 11.2. The summed E-state index contributed by atoms with van der Waals surface area (Å²) in [5, 5.41) is 6.50. The van der Waals surface area contributed by atoms with Crippen molar-refractivity contribution in [2.24, 2.45) is 0 Å². The van der Waals surface area contributed by atoms with Crippen molar-refractivity contribution >= 4 is 65.7 Å². The molecule has 0 saturated carbocycles. The summed E-state index contributed by atoms with van der Waals surface area (Å²) in [4.78, 5) is 15.4. The highest BCUT2D eigenvalue weighted by Gasteiger charge is 2.23. The second-order valence-corrected chi connectivity index (χ2v) is 14.4. The summed E-state index contributed by atoms with van der Waals surface area (Å²) < 4.78 is 15.5. The van der Waals surface area contributed by atoms with Gasteiger partial charge in [-0.2, -0.15) is 0 Å². The van der Waals surface area contributed by atoms with Crippen LogP contribution in [0.4, 0.5) is 0 Å². The molecule has 0 radical (unpaired) electrons. The number of rotatable bonds is 5. The molecule has 0 atom stereocenters. The van der Waals surface area contributed by atoms with Gasteiger partial charge >= 0.3 is 0 Å². The highest BCUT2D eigenvalue weighted by Crippen LogP contribution is 2.44. The van der Waals surface area contributed by atoms with Crippen molar-refractivity contribution in [3.63, 3.8) is 0 Å². The zero-order chi connectivity index (χ0) is 37.5. The molecule has 0 fully saturated rings. The Morgan fingerprint density at radius 1 is 0.333 bits per heavy atom. The van der Waals surface area contributed by atoms with Crippen LogP contribution < -0.4 is 0 Å². The first-order valence-corrected chi connectivity index (χ1v) is 19.0. The predicted octanol–water partition coefficient (Wildman–Crippen LogP) is 13.4. The van der Waals surface area contributed by atoms with Crippen LogP contribution in [0.3, 0.4) is 0 Å². The molecule has 0 aliphatic rings. The van der Waals surface area contributed by atoms with Crippen LogP contribution in [0, 0.1) is 0 Å². The van der Waals surface area contributed by atoms with Crippen molar-refractivity contribution in [1.82, 2.24) is 19.5 Å². The number of hydrogen-bond acceptors (Lipinski definition) is 5. The molecule has 0 unspecified atom stereocenters. The molecule has 0 saturated heterocycles. The first-order valence-electron chi connectivity index (χ1n) is 19.0. The maximum atomic E-state index is 6.85. The molecule has 0 amide bonds. The number of hydrogen-bond donors (Lipinski definition) is 0. The Kier molecular flexibility index (Phi) is 6.83. The quantitative estimate of drug-likeness (QED) is 0.176. The van der Waals surface area contributed by atoms with E-state index in [2.05, 4.69) is 120 Å². The van der Waals surface area contributed by atoms with E-state index in [1.54, 1.807) is 0 Å². The van der Waals surface area contributed by atoms with Gasteiger partial charge in [0, 0.05) is 55.1 Å². The minimum Gasteiger partial charge on any atom is -0.456 e. The monoisotopic (exact) mass is 730 g/mol. The van der Waals surface area contributed by atoms with Gasteiger partial charge in [-0.25, -0.2) is 15.0 Å². The van der Waals surface area contributed by atoms with Crippen molar-refractivity contribution in [3.8, 4) is 51.0 Å². The second-order valence-electron chi connectivity index (χ2n) is 14.4. The van der Waals surface area contributed by atoms with E-state index >= 15 is 0 Å². The number of aromatic nitrogens is 4. The third kappa shape index (κ3) is 4.94. The molecule has 57 heavy (non-hydrogen) atoms. The van der Waals surface area contributed by atoms with Crippen LogP contribution in [0.15, 0.2) is 191 Å². The van der Waals surface area contributed by atoms with Crippen LogP contribution in [0.25, 0.3) is 117 Å².